The summed E-state index contributed by atoms with van der Waals surface area (Å²) >= 11 is 0. The molecule has 1 aliphatic rings. The molecule has 1 saturated carbocycles. The molecule has 1 aliphatic carbocycles. The third-order valence-electron chi connectivity index (χ3n) is 2.27. The molecule has 0 N–H and O–H groups in total. The Morgan fingerprint density at radius 3 is 1.70 bits per heavy atom. The minimum absolute atomic E-state index is 0.272. The van der Waals surface area contributed by atoms with Gasteiger partial charge in [-0.25, -0.2) is 0 Å². The molecule has 0 aromatic carbocycles. The van der Waals surface area contributed by atoms with Crippen molar-refractivity contribution in [1.82, 2.24) is 0 Å². The standard InChI is InChI=1S/C9H18O/c1-7(2)9(5-6-9)10-8(3)4/h7-8H,5-6H2,1-4H3. The summed E-state index contributed by atoms with van der Waals surface area (Å²) in [4.78, 5) is 0. The summed E-state index contributed by atoms with van der Waals surface area (Å²) in [7, 11) is 0. The average molecular weight is 142 g/mol. The summed E-state index contributed by atoms with van der Waals surface area (Å²) in [6.07, 6.45) is 2.93. The van der Waals surface area contributed by atoms with Crippen LogP contribution < -0.4 is 0 Å². The van der Waals surface area contributed by atoms with E-state index in [0.29, 0.717) is 12.0 Å². The Kier molecular flexibility index (Phi) is 2.04. The van der Waals surface area contributed by atoms with Crippen molar-refractivity contribution >= 4 is 0 Å². The van der Waals surface area contributed by atoms with Crippen molar-refractivity contribution < 1.29 is 4.74 Å². The van der Waals surface area contributed by atoms with Gasteiger partial charge in [0.15, 0.2) is 0 Å². The van der Waals surface area contributed by atoms with Gasteiger partial charge in [0, 0.05) is 0 Å². The van der Waals surface area contributed by atoms with Crippen molar-refractivity contribution in [2.24, 2.45) is 5.92 Å². The zero-order valence-electron chi connectivity index (χ0n) is 7.48. The Balaban J connectivity index is 2.38. The molecule has 0 aromatic rings. The quantitative estimate of drug-likeness (QED) is 0.588. The lowest BCUT2D eigenvalue weighted by atomic mass is 10.1. The van der Waals surface area contributed by atoms with Crippen LogP contribution in [0, 0.1) is 5.92 Å². The highest BCUT2D eigenvalue weighted by Crippen LogP contribution is 2.46. The molecular weight excluding hydrogens is 124 g/mol. The van der Waals surface area contributed by atoms with Gasteiger partial charge in [-0.1, -0.05) is 13.8 Å². The van der Waals surface area contributed by atoms with Crippen molar-refractivity contribution in [3.05, 3.63) is 0 Å². The summed E-state index contributed by atoms with van der Waals surface area (Å²) in [5.41, 5.74) is 0.272. The fraction of sp³-hybridized carbons (Fsp3) is 1.00. The van der Waals surface area contributed by atoms with Crippen LogP contribution in [0.1, 0.15) is 40.5 Å². The van der Waals surface area contributed by atoms with E-state index in [9.17, 15) is 0 Å². The van der Waals surface area contributed by atoms with Crippen LogP contribution in [0.25, 0.3) is 0 Å². The molecule has 0 aliphatic heterocycles. The maximum Gasteiger partial charge on any atom is 0.0710 e. The van der Waals surface area contributed by atoms with Crippen LogP contribution in [-0.2, 0) is 4.74 Å². The molecule has 0 spiro atoms. The highest BCUT2D eigenvalue weighted by molar-refractivity contribution is 4.98. The summed E-state index contributed by atoms with van der Waals surface area (Å²) in [6, 6.07) is 0. The summed E-state index contributed by atoms with van der Waals surface area (Å²) < 4.78 is 5.81. The normalized spacial score (nSPS) is 22.2. The Bertz CT molecular complexity index is 112. The van der Waals surface area contributed by atoms with Crippen molar-refractivity contribution in [2.45, 2.75) is 52.2 Å². The second-order valence-corrected chi connectivity index (χ2v) is 3.89. The summed E-state index contributed by atoms with van der Waals surface area (Å²) in [5.74, 6) is 0.690. The molecule has 0 atom stereocenters. The minimum atomic E-state index is 0.272. The molecular formula is C9H18O. The molecule has 0 saturated heterocycles. The molecule has 0 bridgehead atoms. The Hall–Kier alpha value is -0.0400. The first kappa shape index (κ1) is 8.06. The molecule has 0 heterocycles. The third-order valence-corrected chi connectivity index (χ3v) is 2.27. The van der Waals surface area contributed by atoms with Crippen LogP contribution in [0.2, 0.25) is 0 Å². The van der Waals surface area contributed by atoms with E-state index < -0.39 is 0 Å². The van der Waals surface area contributed by atoms with Crippen LogP contribution >= 0.6 is 0 Å². The maximum atomic E-state index is 5.81. The predicted octanol–water partition coefficient (Wildman–Crippen LogP) is 2.60. The second-order valence-electron chi connectivity index (χ2n) is 3.89. The molecule has 1 nitrogen and oxygen atoms in total. The monoisotopic (exact) mass is 142 g/mol. The number of ether oxygens (including phenoxy) is 1. The molecule has 10 heavy (non-hydrogen) atoms. The first-order valence-corrected chi connectivity index (χ1v) is 4.25. The average Bonchev–Trinajstić information content (AvgIpc) is 2.46. The second kappa shape index (κ2) is 2.54. The van der Waals surface area contributed by atoms with E-state index in [-0.39, 0.29) is 5.60 Å². The van der Waals surface area contributed by atoms with E-state index in [4.69, 9.17) is 4.74 Å². The Morgan fingerprint density at radius 1 is 1.10 bits per heavy atom. The van der Waals surface area contributed by atoms with Gasteiger partial charge in [-0.05, 0) is 32.6 Å². The van der Waals surface area contributed by atoms with E-state index >= 15 is 0 Å². The highest BCUT2D eigenvalue weighted by Gasteiger charge is 2.47. The minimum Gasteiger partial charge on any atom is -0.372 e. The fourth-order valence-corrected chi connectivity index (χ4v) is 1.42. The van der Waals surface area contributed by atoms with Crippen LogP contribution in [0.3, 0.4) is 0 Å². The van der Waals surface area contributed by atoms with Gasteiger partial charge < -0.3 is 4.74 Å². The first-order valence-electron chi connectivity index (χ1n) is 4.25. The smallest absolute Gasteiger partial charge is 0.0710 e. The molecule has 1 heteroatoms. The zero-order chi connectivity index (χ0) is 7.78. The van der Waals surface area contributed by atoms with Crippen molar-refractivity contribution in [1.29, 1.82) is 0 Å². The van der Waals surface area contributed by atoms with Crippen molar-refractivity contribution in [3.8, 4) is 0 Å². The molecule has 1 rings (SSSR count). The van der Waals surface area contributed by atoms with E-state index in [0.717, 1.165) is 0 Å². The van der Waals surface area contributed by atoms with Crippen LogP contribution in [0.5, 0.6) is 0 Å². The van der Waals surface area contributed by atoms with Crippen LogP contribution in [0.15, 0.2) is 0 Å². The van der Waals surface area contributed by atoms with Gasteiger partial charge in [0.25, 0.3) is 0 Å². The molecule has 0 radical (unpaired) electrons. The Labute approximate surface area is 63.8 Å². The highest BCUT2D eigenvalue weighted by atomic mass is 16.5. The van der Waals surface area contributed by atoms with E-state index in [2.05, 4.69) is 27.7 Å². The molecule has 0 aromatic heterocycles. The van der Waals surface area contributed by atoms with Gasteiger partial charge in [-0.2, -0.15) is 0 Å². The van der Waals surface area contributed by atoms with Crippen LogP contribution in [0.4, 0.5) is 0 Å². The third kappa shape index (κ3) is 1.51. The van der Waals surface area contributed by atoms with Gasteiger partial charge in [-0.15, -0.1) is 0 Å². The van der Waals surface area contributed by atoms with E-state index in [1.165, 1.54) is 12.8 Å². The van der Waals surface area contributed by atoms with Crippen LogP contribution in [-0.4, -0.2) is 11.7 Å². The van der Waals surface area contributed by atoms with Gasteiger partial charge in [0.1, 0.15) is 0 Å². The summed E-state index contributed by atoms with van der Waals surface area (Å²) in [6.45, 7) is 8.72. The number of hydrogen-bond acceptors (Lipinski definition) is 1. The zero-order valence-corrected chi connectivity index (χ0v) is 7.48. The molecule has 1 fully saturated rings. The lowest BCUT2D eigenvalue weighted by Gasteiger charge is -2.22. The molecule has 0 unspecified atom stereocenters. The fourth-order valence-electron chi connectivity index (χ4n) is 1.42. The topological polar surface area (TPSA) is 9.23 Å². The van der Waals surface area contributed by atoms with Gasteiger partial charge in [0.05, 0.1) is 11.7 Å². The predicted molar refractivity (Wildman–Crippen MR) is 43.0 cm³/mol. The largest absolute Gasteiger partial charge is 0.372 e. The first-order chi connectivity index (χ1) is 4.57. The van der Waals surface area contributed by atoms with E-state index in [1.807, 2.05) is 0 Å². The SMILES string of the molecule is CC(C)OC1(C(C)C)CC1. The molecule has 0 amide bonds. The lowest BCUT2D eigenvalue weighted by molar-refractivity contribution is -0.0382. The lowest BCUT2D eigenvalue weighted by Crippen LogP contribution is -2.25. The summed E-state index contributed by atoms with van der Waals surface area (Å²) in [5, 5.41) is 0. The van der Waals surface area contributed by atoms with Crippen molar-refractivity contribution in [3.63, 3.8) is 0 Å². The Morgan fingerprint density at radius 2 is 1.60 bits per heavy atom. The number of rotatable bonds is 3. The molecule has 60 valence electrons. The number of hydrogen-bond donors (Lipinski definition) is 0. The van der Waals surface area contributed by atoms with Crippen molar-refractivity contribution in [2.75, 3.05) is 0 Å². The van der Waals surface area contributed by atoms with Gasteiger partial charge in [-0.3, -0.25) is 0 Å². The van der Waals surface area contributed by atoms with Gasteiger partial charge in [0.2, 0.25) is 0 Å². The van der Waals surface area contributed by atoms with E-state index in [1.54, 1.807) is 0 Å². The van der Waals surface area contributed by atoms with Gasteiger partial charge >= 0.3 is 0 Å². The maximum absolute atomic E-state index is 5.81.